The van der Waals surface area contributed by atoms with Gasteiger partial charge in [-0.1, -0.05) is 118 Å². The first-order chi connectivity index (χ1) is 31.3. The molecule has 360 valence electrons. The van der Waals surface area contributed by atoms with E-state index in [1.807, 2.05) is 24.3 Å². The van der Waals surface area contributed by atoms with Gasteiger partial charge in [0.15, 0.2) is 6.23 Å². The summed E-state index contributed by atoms with van der Waals surface area (Å²) >= 11 is 19.0. The molecule has 0 aliphatic heterocycles. The Morgan fingerprint density at radius 3 is 1.34 bits per heavy atom. The van der Waals surface area contributed by atoms with Gasteiger partial charge in [-0.05, 0) is 96.0 Å². The first-order valence-corrected chi connectivity index (χ1v) is 23.2. The molecule has 6 atom stereocenters. The number of ether oxygens (including phenoxy) is 5. The minimum Gasteiger partial charge on any atom is -0.468 e. The van der Waals surface area contributed by atoms with Crippen LogP contribution in [0.15, 0.2) is 123 Å². The third-order valence-electron chi connectivity index (χ3n) is 13.8. The molecular weight excluding hydrogens is 913 g/mol. The predicted octanol–water partition coefficient (Wildman–Crippen LogP) is 12.8. The molecule has 0 aliphatic carbocycles. The highest BCUT2D eigenvalue weighted by Crippen LogP contribution is 2.57. The molecule has 17 heteroatoms. The molecule has 6 aromatic rings. The number of halogens is 3. The lowest BCUT2D eigenvalue weighted by atomic mass is 9.63. The molecule has 67 heavy (non-hydrogen) atoms. The molecule has 6 unspecified atom stereocenters. The fourth-order valence-corrected chi connectivity index (χ4v) is 8.18. The molecule has 0 saturated carbocycles. The number of hydrogen-bond donors (Lipinski definition) is 0. The van der Waals surface area contributed by atoms with Gasteiger partial charge < -0.3 is 23.7 Å². The van der Waals surface area contributed by atoms with E-state index in [1.54, 1.807) is 81.6 Å². The van der Waals surface area contributed by atoms with E-state index in [2.05, 4.69) is 115 Å². The molecular formula is C50H64Cl3N9O5. The zero-order chi connectivity index (χ0) is 49.1. The summed E-state index contributed by atoms with van der Waals surface area (Å²) in [6.07, 6.45) is 8.19. The van der Waals surface area contributed by atoms with Crippen molar-refractivity contribution < 1.29 is 23.7 Å². The third-order valence-corrected chi connectivity index (χ3v) is 14.5. The molecule has 0 spiro atoms. The van der Waals surface area contributed by atoms with Crippen molar-refractivity contribution in [2.75, 3.05) is 13.2 Å². The highest BCUT2D eigenvalue weighted by Gasteiger charge is 2.63. The summed E-state index contributed by atoms with van der Waals surface area (Å²) in [5.74, 6) is 0.216. The highest BCUT2D eigenvalue weighted by molar-refractivity contribution is 6.31. The van der Waals surface area contributed by atoms with Crippen molar-refractivity contribution in [1.29, 1.82) is 0 Å². The SMILES string of the molecule is C=C(CC(C)(C(Oc1ccc(Cl)cc1)n1cncn1)C(C)(C)C)OC(Oc1ccc(Cl)cc1)(n1cncn1)C(C)(COCC(C)(C(Oc1ccc(Cl)cc1)n1cncn1)C(C)(C)C)C(C)(C)C. The molecule has 3 heterocycles. The van der Waals surface area contributed by atoms with Crippen molar-refractivity contribution in [2.24, 2.45) is 32.5 Å². The summed E-state index contributed by atoms with van der Waals surface area (Å²) in [5.41, 5.74) is -4.17. The first kappa shape index (κ1) is 51.2. The lowest BCUT2D eigenvalue weighted by Gasteiger charge is -2.54. The van der Waals surface area contributed by atoms with Gasteiger partial charge in [-0.2, -0.15) is 20.0 Å². The Kier molecular flexibility index (Phi) is 15.2. The van der Waals surface area contributed by atoms with Crippen LogP contribution in [0.3, 0.4) is 0 Å². The van der Waals surface area contributed by atoms with Crippen molar-refractivity contribution >= 4 is 34.8 Å². The zero-order valence-electron chi connectivity index (χ0n) is 40.6. The van der Waals surface area contributed by atoms with Gasteiger partial charge in [0.05, 0.1) is 29.8 Å². The number of allylic oxidation sites excluding steroid dienone is 1. The smallest absolute Gasteiger partial charge is 0.366 e. The number of aromatic nitrogens is 9. The van der Waals surface area contributed by atoms with Crippen LogP contribution in [0.1, 0.15) is 102 Å². The van der Waals surface area contributed by atoms with Crippen LogP contribution < -0.4 is 14.2 Å². The van der Waals surface area contributed by atoms with Crippen LogP contribution in [0.25, 0.3) is 0 Å². The monoisotopic (exact) mass is 975 g/mol. The van der Waals surface area contributed by atoms with Crippen molar-refractivity contribution in [3.05, 3.63) is 138 Å². The number of hydrogen-bond acceptors (Lipinski definition) is 11. The van der Waals surface area contributed by atoms with Crippen LogP contribution in [0.2, 0.25) is 15.1 Å². The van der Waals surface area contributed by atoms with Crippen molar-refractivity contribution in [1.82, 2.24) is 44.3 Å². The normalized spacial score (nSPS) is 16.9. The van der Waals surface area contributed by atoms with Gasteiger partial charge in [0.2, 0.25) is 6.23 Å². The van der Waals surface area contributed by atoms with Crippen LogP contribution in [0.5, 0.6) is 17.2 Å². The van der Waals surface area contributed by atoms with Crippen LogP contribution in [0, 0.1) is 32.5 Å². The van der Waals surface area contributed by atoms with Gasteiger partial charge in [-0.3, -0.25) is 0 Å². The van der Waals surface area contributed by atoms with E-state index in [9.17, 15) is 0 Å². The molecule has 0 saturated heterocycles. The van der Waals surface area contributed by atoms with Gasteiger partial charge in [0.25, 0.3) is 0 Å². The molecule has 0 N–H and O–H groups in total. The minimum atomic E-state index is -1.81. The van der Waals surface area contributed by atoms with Gasteiger partial charge in [-0.15, -0.1) is 0 Å². The van der Waals surface area contributed by atoms with Crippen LogP contribution in [-0.4, -0.2) is 57.5 Å². The topological polar surface area (TPSA) is 138 Å². The third kappa shape index (κ3) is 10.9. The second-order valence-corrected chi connectivity index (χ2v) is 22.1. The summed E-state index contributed by atoms with van der Waals surface area (Å²) in [6.45, 7) is 30.5. The Morgan fingerprint density at radius 2 is 0.955 bits per heavy atom. The number of rotatable bonds is 20. The van der Waals surface area contributed by atoms with Crippen molar-refractivity contribution in [3.8, 4) is 17.2 Å². The van der Waals surface area contributed by atoms with Gasteiger partial charge in [0.1, 0.15) is 55.2 Å². The molecule has 6 rings (SSSR count). The molecule has 0 radical (unpaired) electrons. The second-order valence-electron chi connectivity index (χ2n) is 20.8. The average molecular weight is 977 g/mol. The molecule has 0 bridgehead atoms. The van der Waals surface area contributed by atoms with Crippen LogP contribution in [-0.2, 0) is 15.4 Å². The summed E-state index contributed by atoms with van der Waals surface area (Å²) in [7, 11) is 0. The van der Waals surface area contributed by atoms with Crippen LogP contribution in [0.4, 0.5) is 0 Å². The molecule has 14 nitrogen and oxygen atoms in total. The van der Waals surface area contributed by atoms with Gasteiger partial charge in [-0.25, -0.2) is 24.3 Å². The second kappa shape index (κ2) is 19.8. The standard InChI is InChI=1S/C50H64Cl3N9O5/c1-35(26-47(11,44(2,3)4)42(60-32-54-29-57-60)64-39-20-14-36(51)15-21-39)66-50(62-34-56-31-59-62,67-41-24-18-38(53)19-25-41)49(13,46(8,9)10)28-63-27-48(12,45(5,6)7)43(61-33-55-30-58-61)65-40-22-16-37(52)17-23-40/h14-25,29-34,42-43H,1,26-28H2,2-13H3. The fraction of sp³-hybridized carbons (Fsp3) is 0.480. The van der Waals surface area contributed by atoms with Crippen molar-refractivity contribution in [3.63, 3.8) is 0 Å². The highest BCUT2D eigenvalue weighted by atomic mass is 35.5. The van der Waals surface area contributed by atoms with E-state index in [0.717, 1.165) is 0 Å². The summed E-state index contributed by atoms with van der Waals surface area (Å²) in [6, 6.07) is 21.6. The summed E-state index contributed by atoms with van der Waals surface area (Å²) in [5, 5.41) is 15.6. The zero-order valence-corrected chi connectivity index (χ0v) is 42.8. The molecule has 0 fully saturated rings. The molecule has 3 aromatic carbocycles. The minimum absolute atomic E-state index is 0.0751. The van der Waals surface area contributed by atoms with E-state index in [1.165, 1.54) is 19.0 Å². The maximum atomic E-state index is 7.43. The largest absolute Gasteiger partial charge is 0.468 e. The Labute approximate surface area is 409 Å². The summed E-state index contributed by atoms with van der Waals surface area (Å²) in [4.78, 5) is 13.0. The van der Waals surface area contributed by atoms with E-state index in [-0.39, 0.29) is 19.6 Å². The van der Waals surface area contributed by atoms with E-state index < -0.39 is 50.9 Å². The average Bonchev–Trinajstić information content (AvgIpc) is 4.08. The Morgan fingerprint density at radius 1 is 0.537 bits per heavy atom. The lowest BCUT2D eigenvalue weighted by Crippen LogP contribution is -2.62. The van der Waals surface area contributed by atoms with E-state index in [4.69, 9.17) is 63.6 Å². The molecule has 0 aliphatic rings. The predicted molar refractivity (Wildman–Crippen MR) is 261 cm³/mol. The van der Waals surface area contributed by atoms with Gasteiger partial charge in [0, 0.05) is 26.9 Å². The Bertz CT molecular complexity index is 2490. The quantitative estimate of drug-likeness (QED) is 0.0534. The first-order valence-electron chi connectivity index (χ1n) is 22.1. The van der Waals surface area contributed by atoms with Crippen molar-refractivity contribution in [2.45, 2.75) is 108 Å². The maximum Gasteiger partial charge on any atom is 0.366 e. The number of benzene rings is 3. The molecule has 3 aromatic heterocycles. The number of nitrogens with zero attached hydrogens (tertiary/aromatic N) is 9. The molecule has 0 amide bonds. The van der Waals surface area contributed by atoms with E-state index in [0.29, 0.717) is 38.1 Å². The van der Waals surface area contributed by atoms with Gasteiger partial charge >= 0.3 is 5.91 Å². The van der Waals surface area contributed by atoms with Crippen LogP contribution >= 0.6 is 34.8 Å². The Hall–Kier alpha value is -5.15. The Balaban J connectivity index is 1.45. The maximum absolute atomic E-state index is 7.43. The summed E-state index contributed by atoms with van der Waals surface area (Å²) < 4.78 is 40.5. The van der Waals surface area contributed by atoms with E-state index >= 15 is 0 Å². The fourth-order valence-electron chi connectivity index (χ4n) is 7.80. The lowest BCUT2D eigenvalue weighted by molar-refractivity contribution is -0.337.